The molecule has 0 radical (unpaired) electrons. The minimum atomic E-state index is 0.551. The molecule has 1 saturated heterocycles. The van der Waals surface area contributed by atoms with Gasteiger partial charge < -0.3 is 10.2 Å². The van der Waals surface area contributed by atoms with E-state index in [4.69, 9.17) is 16.9 Å². The Morgan fingerprint density at radius 3 is 2.71 bits per heavy atom. The predicted octanol–water partition coefficient (Wildman–Crippen LogP) is 3.57. The minimum Gasteiger partial charge on any atom is -0.367 e. The molecule has 2 aliphatic rings. The summed E-state index contributed by atoms with van der Waals surface area (Å²) in [6, 6.07) is 8.56. The molecule has 0 spiro atoms. The maximum absolute atomic E-state index is 9.03. The molecule has 1 N–H and O–H groups in total. The van der Waals surface area contributed by atoms with E-state index in [0.29, 0.717) is 16.6 Å². The van der Waals surface area contributed by atoms with Gasteiger partial charge in [-0.2, -0.15) is 5.26 Å². The molecule has 0 aromatic heterocycles. The molecule has 4 heteroatoms. The molecule has 1 aromatic carbocycles. The van der Waals surface area contributed by atoms with E-state index in [1.807, 2.05) is 12.1 Å². The molecule has 3 rings (SSSR count). The fourth-order valence-corrected chi connectivity index (χ4v) is 3.83. The topological polar surface area (TPSA) is 39.1 Å². The van der Waals surface area contributed by atoms with Gasteiger partial charge in [0.05, 0.1) is 10.6 Å². The third-order valence-electron chi connectivity index (χ3n) is 4.81. The van der Waals surface area contributed by atoms with Gasteiger partial charge in [0.15, 0.2) is 0 Å². The van der Waals surface area contributed by atoms with Crippen LogP contribution in [0.25, 0.3) is 0 Å². The van der Waals surface area contributed by atoms with Crippen LogP contribution in [0.5, 0.6) is 0 Å². The van der Waals surface area contributed by atoms with Crippen LogP contribution >= 0.6 is 11.6 Å². The molecule has 2 fully saturated rings. The number of rotatable bonds is 4. The monoisotopic (exact) mass is 303 g/mol. The quantitative estimate of drug-likeness (QED) is 0.924. The Hall–Kier alpha value is -1.24. The van der Waals surface area contributed by atoms with E-state index in [9.17, 15) is 0 Å². The lowest BCUT2D eigenvalue weighted by Gasteiger charge is -2.33. The smallest absolute Gasteiger partial charge is 0.101 e. The van der Waals surface area contributed by atoms with Gasteiger partial charge in [-0.05, 0) is 49.9 Å². The predicted molar refractivity (Wildman–Crippen MR) is 86.7 cm³/mol. The summed E-state index contributed by atoms with van der Waals surface area (Å²) in [7, 11) is 0. The van der Waals surface area contributed by atoms with E-state index in [-0.39, 0.29) is 0 Å². The summed E-state index contributed by atoms with van der Waals surface area (Å²) in [6.45, 7) is 3.26. The number of nitriles is 1. The zero-order valence-corrected chi connectivity index (χ0v) is 13.1. The minimum absolute atomic E-state index is 0.551. The van der Waals surface area contributed by atoms with Gasteiger partial charge in [-0.3, -0.25) is 0 Å². The Labute approximate surface area is 131 Å². The van der Waals surface area contributed by atoms with Crippen LogP contribution in [0.1, 0.15) is 37.7 Å². The van der Waals surface area contributed by atoms with Crippen molar-refractivity contribution >= 4 is 17.3 Å². The van der Waals surface area contributed by atoms with Gasteiger partial charge in [0, 0.05) is 24.8 Å². The molecule has 0 unspecified atom stereocenters. The molecular formula is C17H22ClN3. The first-order chi connectivity index (χ1) is 10.3. The highest BCUT2D eigenvalue weighted by Gasteiger charge is 2.27. The van der Waals surface area contributed by atoms with Crippen LogP contribution in [0.3, 0.4) is 0 Å². The number of hydrogen-bond donors (Lipinski definition) is 1. The Bertz CT molecular complexity index is 525. The van der Waals surface area contributed by atoms with Gasteiger partial charge in [0.1, 0.15) is 6.07 Å². The SMILES string of the molecule is N#Cc1ccc(N(CC2CCCC2)[C@H]2CCNC2)cc1Cl. The summed E-state index contributed by atoms with van der Waals surface area (Å²) < 4.78 is 0. The first-order valence-electron chi connectivity index (χ1n) is 7.95. The average Bonchev–Trinajstić information content (AvgIpc) is 3.18. The molecule has 1 saturated carbocycles. The lowest BCUT2D eigenvalue weighted by molar-refractivity contribution is 0.497. The van der Waals surface area contributed by atoms with Crippen molar-refractivity contribution in [1.29, 1.82) is 5.26 Å². The van der Waals surface area contributed by atoms with Crippen molar-refractivity contribution in [3.05, 3.63) is 28.8 Å². The fraction of sp³-hybridized carbons (Fsp3) is 0.588. The molecule has 0 bridgehead atoms. The first kappa shape index (κ1) is 14.7. The second-order valence-corrected chi connectivity index (χ2v) is 6.63. The Morgan fingerprint density at radius 1 is 1.29 bits per heavy atom. The summed E-state index contributed by atoms with van der Waals surface area (Å²) in [6.07, 6.45) is 6.62. The van der Waals surface area contributed by atoms with Crippen molar-refractivity contribution in [3.63, 3.8) is 0 Å². The van der Waals surface area contributed by atoms with Crippen LogP contribution in [0, 0.1) is 17.2 Å². The molecule has 0 amide bonds. The number of nitrogens with one attached hydrogen (secondary N) is 1. The van der Waals surface area contributed by atoms with Gasteiger partial charge in [-0.1, -0.05) is 24.4 Å². The maximum Gasteiger partial charge on any atom is 0.101 e. The number of hydrogen-bond acceptors (Lipinski definition) is 3. The zero-order chi connectivity index (χ0) is 14.7. The Balaban J connectivity index is 1.83. The van der Waals surface area contributed by atoms with Gasteiger partial charge in [0.25, 0.3) is 0 Å². The lowest BCUT2D eigenvalue weighted by Crippen LogP contribution is -2.40. The number of halogens is 1. The lowest BCUT2D eigenvalue weighted by atomic mass is 10.0. The van der Waals surface area contributed by atoms with Crippen LogP contribution in [0.15, 0.2) is 18.2 Å². The largest absolute Gasteiger partial charge is 0.367 e. The van der Waals surface area contributed by atoms with Crippen LogP contribution in [-0.2, 0) is 0 Å². The Kier molecular flexibility index (Phi) is 4.67. The third-order valence-corrected chi connectivity index (χ3v) is 5.12. The van der Waals surface area contributed by atoms with Crippen molar-refractivity contribution in [2.45, 2.75) is 38.1 Å². The molecule has 1 aromatic rings. The zero-order valence-electron chi connectivity index (χ0n) is 12.3. The normalized spacial score (nSPS) is 22.4. The second-order valence-electron chi connectivity index (χ2n) is 6.23. The fourth-order valence-electron chi connectivity index (χ4n) is 3.62. The summed E-state index contributed by atoms with van der Waals surface area (Å²) >= 11 is 6.23. The van der Waals surface area contributed by atoms with E-state index < -0.39 is 0 Å². The summed E-state index contributed by atoms with van der Waals surface area (Å²) in [5, 5.41) is 13.1. The van der Waals surface area contributed by atoms with E-state index in [1.54, 1.807) is 0 Å². The standard InChI is InChI=1S/C17H22ClN3/c18-17-9-15(6-5-14(17)10-19)21(16-7-8-20-11-16)12-13-3-1-2-4-13/h5-6,9,13,16,20H,1-4,7-8,11-12H2/t16-/m0/s1. The van der Waals surface area contributed by atoms with Crippen LogP contribution in [0.2, 0.25) is 5.02 Å². The van der Waals surface area contributed by atoms with Crippen molar-refractivity contribution in [2.24, 2.45) is 5.92 Å². The van der Waals surface area contributed by atoms with Gasteiger partial charge >= 0.3 is 0 Å². The van der Waals surface area contributed by atoms with Gasteiger partial charge in [0.2, 0.25) is 0 Å². The summed E-state index contributed by atoms with van der Waals surface area (Å²) in [4.78, 5) is 2.52. The molecule has 112 valence electrons. The molecular weight excluding hydrogens is 282 g/mol. The van der Waals surface area contributed by atoms with Crippen LogP contribution in [-0.4, -0.2) is 25.7 Å². The highest BCUT2D eigenvalue weighted by Crippen LogP contribution is 2.31. The molecule has 1 aliphatic carbocycles. The van der Waals surface area contributed by atoms with Crippen LogP contribution < -0.4 is 10.2 Å². The van der Waals surface area contributed by atoms with E-state index in [0.717, 1.165) is 25.6 Å². The number of nitrogens with zero attached hydrogens (tertiary/aromatic N) is 2. The number of anilines is 1. The average molecular weight is 304 g/mol. The molecule has 1 aliphatic heterocycles. The second kappa shape index (κ2) is 6.68. The van der Waals surface area contributed by atoms with Crippen LogP contribution in [0.4, 0.5) is 5.69 Å². The highest BCUT2D eigenvalue weighted by molar-refractivity contribution is 6.32. The van der Waals surface area contributed by atoms with Gasteiger partial charge in [-0.15, -0.1) is 0 Å². The summed E-state index contributed by atoms with van der Waals surface area (Å²) in [5.74, 6) is 0.806. The number of benzene rings is 1. The van der Waals surface area contributed by atoms with Crippen molar-refractivity contribution in [3.8, 4) is 6.07 Å². The summed E-state index contributed by atoms with van der Waals surface area (Å²) in [5.41, 5.74) is 1.73. The molecule has 21 heavy (non-hydrogen) atoms. The first-order valence-corrected chi connectivity index (χ1v) is 8.32. The molecule has 1 heterocycles. The molecule has 1 atom stereocenters. The highest BCUT2D eigenvalue weighted by atomic mass is 35.5. The Morgan fingerprint density at radius 2 is 2.10 bits per heavy atom. The van der Waals surface area contributed by atoms with Gasteiger partial charge in [-0.25, -0.2) is 0 Å². The van der Waals surface area contributed by atoms with E-state index >= 15 is 0 Å². The van der Waals surface area contributed by atoms with Crippen molar-refractivity contribution < 1.29 is 0 Å². The van der Waals surface area contributed by atoms with Crippen molar-refractivity contribution in [2.75, 3.05) is 24.5 Å². The molecule has 3 nitrogen and oxygen atoms in total. The van der Waals surface area contributed by atoms with E-state index in [1.165, 1.54) is 37.8 Å². The third kappa shape index (κ3) is 3.33. The van der Waals surface area contributed by atoms with Crippen molar-refractivity contribution in [1.82, 2.24) is 5.32 Å². The van der Waals surface area contributed by atoms with E-state index in [2.05, 4.69) is 22.4 Å². The maximum atomic E-state index is 9.03.